The average Bonchev–Trinajstić information content (AvgIpc) is 2.86. The molecular weight excluding hydrogens is 246 g/mol. The number of thiazole rings is 1. The summed E-state index contributed by atoms with van der Waals surface area (Å²) in [7, 11) is 0. The maximum Gasteiger partial charge on any atom is 0.169 e. The van der Waals surface area contributed by atoms with Crippen molar-refractivity contribution in [3.63, 3.8) is 0 Å². The van der Waals surface area contributed by atoms with Gasteiger partial charge in [-0.25, -0.2) is 9.97 Å². The molecule has 2 aromatic heterocycles. The highest BCUT2D eigenvalue weighted by atomic mass is 32.1. The number of anilines is 1. The predicted octanol–water partition coefficient (Wildman–Crippen LogP) is 3.11. The molecule has 0 unspecified atom stereocenters. The van der Waals surface area contributed by atoms with E-state index in [0.717, 1.165) is 23.0 Å². The summed E-state index contributed by atoms with van der Waals surface area (Å²) in [5.41, 5.74) is 0. The zero-order valence-corrected chi connectivity index (χ0v) is 11.5. The summed E-state index contributed by atoms with van der Waals surface area (Å²) >= 11 is 1.73. The lowest BCUT2D eigenvalue weighted by atomic mass is 10.4. The van der Waals surface area contributed by atoms with Crippen molar-refractivity contribution >= 4 is 17.2 Å². The molecule has 0 aliphatic heterocycles. The Morgan fingerprint density at radius 3 is 2.94 bits per heavy atom. The molecule has 0 spiro atoms. The fourth-order valence-electron chi connectivity index (χ4n) is 1.55. The van der Waals surface area contributed by atoms with Gasteiger partial charge in [0.1, 0.15) is 5.01 Å². The molecule has 0 bridgehead atoms. The summed E-state index contributed by atoms with van der Waals surface area (Å²) < 4.78 is 5.51. The van der Waals surface area contributed by atoms with E-state index < -0.39 is 0 Å². The van der Waals surface area contributed by atoms with Crippen molar-refractivity contribution in [2.75, 3.05) is 11.9 Å². The lowest BCUT2D eigenvalue weighted by molar-refractivity contribution is 0.340. The van der Waals surface area contributed by atoms with E-state index in [1.807, 2.05) is 25.3 Å². The number of nitrogens with zero attached hydrogens (tertiary/aromatic N) is 2. The van der Waals surface area contributed by atoms with Crippen LogP contribution in [0.15, 0.2) is 24.5 Å². The molecule has 18 heavy (non-hydrogen) atoms. The first-order valence-electron chi connectivity index (χ1n) is 6.08. The quantitative estimate of drug-likeness (QED) is 0.870. The summed E-state index contributed by atoms with van der Waals surface area (Å²) in [4.78, 5) is 9.95. The van der Waals surface area contributed by atoms with Gasteiger partial charge in [0, 0.05) is 17.3 Å². The van der Waals surface area contributed by atoms with Gasteiger partial charge in [-0.05, 0) is 25.5 Å². The molecule has 0 aromatic carbocycles. The summed E-state index contributed by atoms with van der Waals surface area (Å²) in [6, 6.07) is 3.78. The molecule has 0 atom stereocenters. The van der Waals surface area contributed by atoms with Crippen LogP contribution in [0.1, 0.15) is 23.7 Å². The number of hydrogen-bond acceptors (Lipinski definition) is 5. The number of rotatable bonds is 6. The van der Waals surface area contributed by atoms with E-state index >= 15 is 0 Å². The van der Waals surface area contributed by atoms with Gasteiger partial charge in [0.2, 0.25) is 0 Å². The Labute approximate surface area is 111 Å². The maximum absolute atomic E-state index is 5.51. The van der Waals surface area contributed by atoms with Crippen LogP contribution in [0.3, 0.4) is 0 Å². The van der Waals surface area contributed by atoms with Crippen LogP contribution in [0.4, 0.5) is 5.82 Å². The summed E-state index contributed by atoms with van der Waals surface area (Å²) in [5, 5.41) is 4.33. The molecule has 2 heterocycles. The molecule has 0 radical (unpaired) electrons. The Morgan fingerprint density at radius 1 is 1.33 bits per heavy atom. The van der Waals surface area contributed by atoms with Crippen molar-refractivity contribution < 1.29 is 4.74 Å². The van der Waals surface area contributed by atoms with Crippen LogP contribution in [-0.4, -0.2) is 16.6 Å². The van der Waals surface area contributed by atoms with Crippen LogP contribution in [-0.2, 0) is 13.0 Å². The Kier molecular flexibility index (Phi) is 4.52. The zero-order chi connectivity index (χ0) is 12.8. The van der Waals surface area contributed by atoms with Gasteiger partial charge < -0.3 is 10.1 Å². The Bertz CT molecular complexity index is 498. The smallest absolute Gasteiger partial charge is 0.169 e. The molecule has 0 fully saturated rings. The van der Waals surface area contributed by atoms with Crippen LogP contribution in [0.5, 0.6) is 5.75 Å². The fraction of sp³-hybridized carbons (Fsp3) is 0.385. The van der Waals surface area contributed by atoms with E-state index in [0.29, 0.717) is 13.2 Å². The SMILES string of the molecule is CCOc1cccnc1NCc1ncc(CC)s1. The summed E-state index contributed by atoms with van der Waals surface area (Å²) in [6.45, 7) is 5.42. The van der Waals surface area contributed by atoms with Crippen LogP contribution in [0.2, 0.25) is 0 Å². The Hall–Kier alpha value is -1.62. The molecular formula is C13H17N3OS. The number of aromatic nitrogens is 2. The third-order valence-corrected chi connectivity index (χ3v) is 3.57. The van der Waals surface area contributed by atoms with Crippen molar-refractivity contribution in [2.45, 2.75) is 26.8 Å². The summed E-state index contributed by atoms with van der Waals surface area (Å²) in [5.74, 6) is 1.56. The van der Waals surface area contributed by atoms with Gasteiger partial charge in [0.15, 0.2) is 11.6 Å². The fourth-order valence-corrected chi connectivity index (χ4v) is 2.35. The minimum Gasteiger partial charge on any atom is -0.490 e. The molecule has 0 aliphatic carbocycles. The standard InChI is InChI=1S/C13H17N3OS/c1-3-10-8-15-12(18-10)9-16-13-11(17-4-2)6-5-7-14-13/h5-8H,3-4,9H2,1-2H3,(H,14,16). The van der Waals surface area contributed by atoms with E-state index in [4.69, 9.17) is 4.74 Å². The van der Waals surface area contributed by atoms with Crippen molar-refractivity contribution in [2.24, 2.45) is 0 Å². The minimum absolute atomic E-state index is 0.637. The second kappa shape index (κ2) is 6.35. The number of aryl methyl sites for hydroxylation is 1. The van der Waals surface area contributed by atoms with Crippen molar-refractivity contribution in [3.05, 3.63) is 34.4 Å². The highest BCUT2D eigenvalue weighted by molar-refractivity contribution is 7.11. The summed E-state index contributed by atoms with van der Waals surface area (Å²) in [6.07, 6.45) is 4.72. The van der Waals surface area contributed by atoms with Gasteiger partial charge in [-0.1, -0.05) is 6.92 Å². The average molecular weight is 263 g/mol. The van der Waals surface area contributed by atoms with E-state index in [1.165, 1.54) is 4.88 Å². The number of pyridine rings is 1. The van der Waals surface area contributed by atoms with Crippen molar-refractivity contribution in [1.29, 1.82) is 0 Å². The normalized spacial score (nSPS) is 10.3. The van der Waals surface area contributed by atoms with Gasteiger partial charge in [-0.15, -0.1) is 11.3 Å². The molecule has 5 heteroatoms. The molecule has 0 amide bonds. The van der Waals surface area contributed by atoms with Crippen molar-refractivity contribution in [1.82, 2.24) is 9.97 Å². The highest BCUT2D eigenvalue weighted by Crippen LogP contribution is 2.22. The third-order valence-electron chi connectivity index (χ3n) is 2.43. The molecule has 4 nitrogen and oxygen atoms in total. The second-order valence-corrected chi connectivity index (χ2v) is 4.91. The first-order chi connectivity index (χ1) is 8.83. The number of ether oxygens (including phenoxy) is 1. The first-order valence-corrected chi connectivity index (χ1v) is 6.90. The van der Waals surface area contributed by atoms with E-state index in [9.17, 15) is 0 Å². The molecule has 0 saturated carbocycles. The van der Waals surface area contributed by atoms with Gasteiger partial charge in [-0.3, -0.25) is 0 Å². The Morgan fingerprint density at radius 2 is 2.22 bits per heavy atom. The van der Waals surface area contributed by atoms with Gasteiger partial charge >= 0.3 is 0 Å². The first kappa shape index (κ1) is 12.8. The number of hydrogen-bond donors (Lipinski definition) is 1. The monoisotopic (exact) mass is 263 g/mol. The number of nitrogens with one attached hydrogen (secondary N) is 1. The molecule has 0 saturated heterocycles. The lowest BCUT2D eigenvalue weighted by Gasteiger charge is -2.09. The molecule has 2 rings (SSSR count). The van der Waals surface area contributed by atoms with E-state index in [1.54, 1.807) is 17.5 Å². The second-order valence-electron chi connectivity index (χ2n) is 3.71. The van der Waals surface area contributed by atoms with Crippen LogP contribution in [0, 0.1) is 0 Å². The van der Waals surface area contributed by atoms with Crippen molar-refractivity contribution in [3.8, 4) is 5.75 Å². The van der Waals surface area contributed by atoms with E-state index in [2.05, 4.69) is 22.2 Å². The van der Waals surface area contributed by atoms with Gasteiger partial charge in [0.05, 0.1) is 13.2 Å². The van der Waals surface area contributed by atoms with Crippen LogP contribution >= 0.6 is 11.3 Å². The van der Waals surface area contributed by atoms with E-state index in [-0.39, 0.29) is 0 Å². The topological polar surface area (TPSA) is 47.0 Å². The third kappa shape index (κ3) is 3.20. The molecule has 96 valence electrons. The largest absolute Gasteiger partial charge is 0.490 e. The molecule has 0 aliphatic rings. The minimum atomic E-state index is 0.637. The maximum atomic E-state index is 5.51. The van der Waals surface area contributed by atoms with Gasteiger partial charge in [-0.2, -0.15) is 0 Å². The molecule has 1 N–H and O–H groups in total. The lowest BCUT2D eigenvalue weighted by Crippen LogP contribution is -2.04. The predicted molar refractivity (Wildman–Crippen MR) is 74.2 cm³/mol. The Balaban J connectivity index is 2.01. The van der Waals surface area contributed by atoms with Crippen LogP contribution in [0.25, 0.3) is 0 Å². The zero-order valence-electron chi connectivity index (χ0n) is 10.6. The molecule has 2 aromatic rings. The highest BCUT2D eigenvalue weighted by Gasteiger charge is 2.05. The van der Waals surface area contributed by atoms with Gasteiger partial charge in [0.25, 0.3) is 0 Å². The van der Waals surface area contributed by atoms with Crippen LogP contribution < -0.4 is 10.1 Å².